The van der Waals surface area contributed by atoms with Gasteiger partial charge in [0.15, 0.2) is 9.84 Å². The van der Waals surface area contributed by atoms with Crippen molar-refractivity contribution in [1.82, 2.24) is 5.32 Å². The number of hydrogen-bond acceptors (Lipinski definition) is 3. The van der Waals surface area contributed by atoms with Crippen molar-refractivity contribution < 1.29 is 13.2 Å². The van der Waals surface area contributed by atoms with Crippen molar-refractivity contribution in [2.24, 2.45) is 5.92 Å². The fourth-order valence-corrected chi connectivity index (χ4v) is 4.90. The molecule has 1 saturated carbocycles. The Hall–Kier alpha value is -1.76. The van der Waals surface area contributed by atoms with Crippen molar-refractivity contribution in [3.63, 3.8) is 0 Å². The predicted octanol–water partition coefficient (Wildman–Crippen LogP) is 5.06. The van der Waals surface area contributed by atoms with Gasteiger partial charge in [0, 0.05) is 5.69 Å². The summed E-state index contributed by atoms with van der Waals surface area (Å²) in [5.41, 5.74) is 1.21. The van der Waals surface area contributed by atoms with E-state index >= 15 is 0 Å². The molecule has 3 rings (SSSR count). The van der Waals surface area contributed by atoms with Gasteiger partial charge in [-0.2, -0.15) is 0 Å². The molecular weight excluding hydrogens is 407 g/mol. The van der Waals surface area contributed by atoms with Gasteiger partial charge in [0.05, 0.1) is 26.7 Å². The lowest BCUT2D eigenvalue weighted by atomic mass is 10.1. The maximum absolute atomic E-state index is 12.3. The zero-order chi connectivity index (χ0) is 19.6. The summed E-state index contributed by atoms with van der Waals surface area (Å²) < 4.78 is 24.5. The van der Waals surface area contributed by atoms with Gasteiger partial charge >= 0.3 is 6.03 Å². The van der Waals surface area contributed by atoms with Crippen LogP contribution in [0.2, 0.25) is 10.0 Å². The van der Waals surface area contributed by atoms with E-state index in [1.807, 2.05) is 0 Å². The fourth-order valence-electron chi connectivity index (χ4n) is 2.73. The monoisotopic (exact) mass is 426 g/mol. The molecule has 1 aliphatic rings. The van der Waals surface area contributed by atoms with E-state index in [0.29, 0.717) is 27.2 Å². The maximum Gasteiger partial charge on any atom is 0.319 e. The minimum absolute atomic E-state index is 0.193. The summed E-state index contributed by atoms with van der Waals surface area (Å²) in [5, 5.41) is 6.29. The Morgan fingerprint density at radius 1 is 1.15 bits per heavy atom. The third kappa shape index (κ3) is 5.15. The molecule has 5 nitrogen and oxygen atoms in total. The summed E-state index contributed by atoms with van der Waals surface area (Å²) in [5.74, 6) is 0.483. The Bertz CT molecular complexity index is 942. The summed E-state index contributed by atoms with van der Waals surface area (Å²) in [7, 11) is -3.26. The Labute approximate surface area is 169 Å². The standard InChI is InChI=1S/C19H20Cl2N2O3S/c1-12(16-3-2-4-17(20)18(16)21)22-19(24)23-14-7-9-15(10-8-14)27(25,26)11-13-5-6-13/h2-4,7-10,12-13H,5-6,11H2,1H3,(H2,22,23,24)/t12-/m0/s1. The van der Waals surface area contributed by atoms with Gasteiger partial charge in [-0.3, -0.25) is 0 Å². The lowest BCUT2D eigenvalue weighted by Crippen LogP contribution is -2.31. The van der Waals surface area contributed by atoms with Crippen molar-refractivity contribution in [2.45, 2.75) is 30.7 Å². The van der Waals surface area contributed by atoms with Crippen LogP contribution >= 0.6 is 23.2 Å². The summed E-state index contributed by atoms with van der Waals surface area (Å²) in [4.78, 5) is 12.5. The van der Waals surface area contributed by atoms with Crippen molar-refractivity contribution in [1.29, 1.82) is 0 Å². The molecule has 2 aromatic rings. The Balaban J connectivity index is 1.61. The van der Waals surface area contributed by atoms with Gasteiger partial charge in [-0.05, 0) is 61.6 Å². The van der Waals surface area contributed by atoms with Crippen LogP contribution in [-0.4, -0.2) is 20.2 Å². The molecule has 0 bridgehead atoms. The molecule has 2 amide bonds. The number of sulfone groups is 1. The number of amides is 2. The van der Waals surface area contributed by atoms with E-state index in [1.54, 1.807) is 37.3 Å². The number of benzene rings is 2. The molecule has 0 aliphatic heterocycles. The molecule has 0 heterocycles. The second-order valence-electron chi connectivity index (χ2n) is 6.71. The van der Waals surface area contributed by atoms with Crippen LogP contribution in [0.1, 0.15) is 31.4 Å². The van der Waals surface area contributed by atoms with Gasteiger partial charge in [-0.15, -0.1) is 0 Å². The lowest BCUT2D eigenvalue weighted by molar-refractivity contribution is 0.249. The first-order valence-electron chi connectivity index (χ1n) is 8.60. The number of nitrogens with one attached hydrogen (secondary N) is 2. The molecular formula is C19H20Cl2N2O3S. The van der Waals surface area contributed by atoms with Crippen LogP contribution in [0.4, 0.5) is 10.5 Å². The van der Waals surface area contributed by atoms with Crippen molar-refractivity contribution >= 4 is 44.8 Å². The third-order valence-electron chi connectivity index (χ3n) is 4.42. The van der Waals surface area contributed by atoms with Crippen LogP contribution < -0.4 is 10.6 Å². The van der Waals surface area contributed by atoms with Crippen LogP contribution in [0.3, 0.4) is 0 Å². The van der Waals surface area contributed by atoms with Crippen molar-refractivity contribution in [3.05, 3.63) is 58.1 Å². The topological polar surface area (TPSA) is 75.3 Å². The highest BCUT2D eigenvalue weighted by molar-refractivity contribution is 7.91. The van der Waals surface area contributed by atoms with Crippen LogP contribution in [0.5, 0.6) is 0 Å². The van der Waals surface area contributed by atoms with Gasteiger partial charge in [0.25, 0.3) is 0 Å². The first-order chi connectivity index (χ1) is 12.8. The second kappa shape index (κ2) is 8.09. The largest absolute Gasteiger partial charge is 0.331 e. The molecule has 2 N–H and O–H groups in total. The van der Waals surface area contributed by atoms with Gasteiger partial charge in [-0.1, -0.05) is 35.3 Å². The Morgan fingerprint density at radius 3 is 2.44 bits per heavy atom. The smallest absolute Gasteiger partial charge is 0.319 e. The number of hydrogen-bond donors (Lipinski definition) is 2. The highest BCUT2D eigenvalue weighted by atomic mass is 35.5. The first kappa shape index (κ1) is 20.0. The molecule has 27 heavy (non-hydrogen) atoms. The molecule has 0 saturated heterocycles. The number of anilines is 1. The molecule has 2 aromatic carbocycles. The lowest BCUT2D eigenvalue weighted by Gasteiger charge is -2.17. The van der Waals surface area contributed by atoms with Crippen LogP contribution in [0.15, 0.2) is 47.4 Å². The number of urea groups is 1. The number of halogens is 2. The average molecular weight is 427 g/mol. The molecule has 8 heteroatoms. The van der Waals surface area contributed by atoms with Crippen LogP contribution in [0.25, 0.3) is 0 Å². The Kier molecular flexibility index (Phi) is 5.99. The second-order valence-corrected chi connectivity index (χ2v) is 9.53. The third-order valence-corrected chi connectivity index (χ3v) is 7.15. The number of carbonyl (C=O) groups excluding carboxylic acids is 1. The van der Waals surface area contributed by atoms with E-state index in [9.17, 15) is 13.2 Å². The van der Waals surface area contributed by atoms with Crippen molar-refractivity contribution in [3.8, 4) is 0 Å². The normalized spacial score (nSPS) is 15.2. The van der Waals surface area contributed by atoms with Crippen molar-refractivity contribution in [2.75, 3.05) is 11.1 Å². The zero-order valence-electron chi connectivity index (χ0n) is 14.7. The summed E-state index contributed by atoms with van der Waals surface area (Å²) in [6.07, 6.45) is 1.96. The summed E-state index contributed by atoms with van der Waals surface area (Å²) >= 11 is 12.2. The van der Waals surface area contributed by atoms with E-state index in [2.05, 4.69) is 10.6 Å². The molecule has 1 aliphatic carbocycles. The molecule has 1 fully saturated rings. The number of carbonyl (C=O) groups is 1. The van der Waals surface area contributed by atoms with E-state index < -0.39 is 15.9 Å². The van der Waals surface area contributed by atoms with Gasteiger partial charge in [0.2, 0.25) is 0 Å². The fraction of sp³-hybridized carbons (Fsp3) is 0.316. The highest BCUT2D eigenvalue weighted by Crippen LogP contribution is 2.32. The van der Waals surface area contributed by atoms with Crippen LogP contribution in [-0.2, 0) is 9.84 Å². The molecule has 144 valence electrons. The summed E-state index contributed by atoms with van der Waals surface area (Å²) in [6.45, 7) is 1.80. The minimum atomic E-state index is -3.26. The van der Waals surface area contributed by atoms with Gasteiger partial charge < -0.3 is 10.6 Å². The molecule has 0 radical (unpaired) electrons. The van der Waals surface area contributed by atoms with Crippen LogP contribution in [0, 0.1) is 5.92 Å². The SMILES string of the molecule is C[C@H](NC(=O)Nc1ccc(S(=O)(=O)CC2CC2)cc1)c1cccc(Cl)c1Cl. The quantitative estimate of drug-likeness (QED) is 0.677. The molecule has 0 spiro atoms. The number of rotatable bonds is 6. The van der Waals surface area contributed by atoms with E-state index in [1.165, 1.54) is 12.1 Å². The zero-order valence-corrected chi connectivity index (χ0v) is 17.0. The molecule has 1 atom stereocenters. The molecule has 0 unspecified atom stereocenters. The summed E-state index contributed by atoms with van der Waals surface area (Å²) in [6, 6.07) is 10.7. The predicted molar refractivity (Wildman–Crippen MR) is 108 cm³/mol. The van der Waals surface area contributed by atoms with E-state index in [-0.39, 0.29) is 16.7 Å². The average Bonchev–Trinajstić information content (AvgIpc) is 3.41. The first-order valence-corrected chi connectivity index (χ1v) is 11.0. The highest BCUT2D eigenvalue weighted by Gasteiger charge is 2.29. The maximum atomic E-state index is 12.3. The minimum Gasteiger partial charge on any atom is -0.331 e. The van der Waals surface area contributed by atoms with Gasteiger partial charge in [-0.25, -0.2) is 13.2 Å². The van der Waals surface area contributed by atoms with E-state index in [4.69, 9.17) is 23.2 Å². The van der Waals surface area contributed by atoms with Gasteiger partial charge in [0.1, 0.15) is 0 Å². The molecule has 0 aromatic heterocycles. The Morgan fingerprint density at radius 2 is 1.81 bits per heavy atom. The van der Waals surface area contributed by atoms with E-state index in [0.717, 1.165) is 12.8 Å².